The van der Waals surface area contributed by atoms with Crippen molar-refractivity contribution in [3.05, 3.63) is 24.5 Å². The first kappa shape index (κ1) is 14.4. The van der Waals surface area contributed by atoms with Crippen molar-refractivity contribution in [1.82, 2.24) is 15.2 Å². The lowest BCUT2D eigenvalue weighted by Gasteiger charge is -2.13. The summed E-state index contributed by atoms with van der Waals surface area (Å²) in [7, 11) is 1.53. The summed E-state index contributed by atoms with van der Waals surface area (Å²) in [6.07, 6.45) is -1.18. The number of nitrogens with zero attached hydrogens (tertiary/aromatic N) is 2. The summed E-state index contributed by atoms with van der Waals surface area (Å²) >= 11 is 0. The topological polar surface area (TPSA) is 41.4 Å². The van der Waals surface area contributed by atoms with Gasteiger partial charge in [-0.25, -0.2) is 0 Å². The lowest BCUT2D eigenvalue weighted by atomic mass is 10.4. The fourth-order valence-corrected chi connectivity index (χ4v) is 1.37. The molecule has 0 fully saturated rings. The van der Waals surface area contributed by atoms with Crippen LogP contribution in [0, 0.1) is 0 Å². The molecule has 0 aliphatic carbocycles. The van der Waals surface area contributed by atoms with Crippen molar-refractivity contribution in [2.45, 2.75) is 19.1 Å². The van der Waals surface area contributed by atoms with Crippen LogP contribution in [-0.2, 0) is 6.54 Å². The average Bonchev–Trinajstić information content (AvgIpc) is 2.78. The molecular weight excluding hydrogens is 245 g/mol. The average molecular weight is 262 g/mol. The summed E-state index contributed by atoms with van der Waals surface area (Å²) in [5, 5.41) is 5.56. The van der Waals surface area contributed by atoms with Gasteiger partial charge < -0.3 is 15.2 Å². The molecule has 0 aliphatic rings. The molecule has 2 N–H and O–H groups in total. The summed E-state index contributed by atoms with van der Waals surface area (Å²) in [4.78, 5) is 3.84. The number of hydrogen-bond acceptors (Lipinski definition) is 1. The van der Waals surface area contributed by atoms with Gasteiger partial charge in [0.25, 0.3) is 0 Å². The van der Waals surface area contributed by atoms with Gasteiger partial charge in [-0.15, -0.1) is 0 Å². The van der Waals surface area contributed by atoms with Crippen LogP contribution in [-0.4, -0.2) is 36.8 Å². The van der Waals surface area contributed by atoms with Crippen LogP contribution in [0.4, 0.5) is 13.2 Å². The Bertz CT molecular complexity index is 357. The lowest BCUT2D eigenvalue weighted by Crippen LogP contribution is -2.40. The number of hydrogen-bond donors (Lipinski definition) is 2. The summed E-state index contributed by atoms with van der Waals surface area (Å²) in [5.74, 6) is 0.381. The largest absolute Gasteiger partial charge is 0.390 e. The van der Waals surface area contributed by atoms with Crippen molar-refractivity contribution in [2.75, 3.05) is 20.1 Å². The van der Waals surface area contributed by atoms with E-state index in [0.717, 1.165) is 6.54 Å². The van der Waals surface area contributed by atoms with Crippen LogP contribution in [0.25, 0.3) is 0 Å². The van der Waals surface area contributed by atoms with Crippen LogP contribution in [0.2, 0.25) is 0 Å². The Morgan fingerprint density at radius 1 is 1.17 bits per heavy atom. The molecule has 4 nitrogen and oxygen atoms in total. The van der Waals surface area contributed by atoms with Gasteiger partial charge in [0.15, 0.2) is 5.96 Å². The van der Waals surface area contributed by atoms with Gasteiger partial charge in [-0.2, -0.15) is 13.2 Å². The molecule has 1 rings (SSSR count). The molecule has 0 aliphatic heterocycles. The van der Waals surface area contributed by atoms with Crippen molar-refractivity contribution in [3.8, 4) is 0 Å². The van der Waals surface area contributed by atoms with Crippen molar-refractivity contribution in [1.29, 1.82) is 0 Å². The maximum atomic E-state index is 11.9. The van der Waals surface area contributed by atoms with Crippen molar-refractivity contribution < 1.29 is 13.2 Å². The van der Waals surface area contributed by atoms with Crippen LogP contribution < -0.4 is 10.6 Å². The van der Waals surface area contributed by atoms with Gasteiger partial charge in [-0.05, 0) is 12.1 Å². The number of aromatic nitrogens is 1. The molecular formula is C11H17F3N4. The van der Waals surface area contributed by atoms with Gasteiger partial charge in [0.05, 0.1) is 6.42 Å². The SMILES string of the molecule is CN=C(NCCn1cccc1)NCCC(F)(F)F. The molecule has 102 valence electrons. The zero-order valence-corrected chi connectivity index (χ0v) is 10.2. The van der Waals surface area contributed by atoms with Crippen LogP contribution >= 0.6 is 0 Å². The van der Waals surface area contributed by atoms with Gasteiger partial charge >= 0.3 is 6.18 Å². The van der Waals surface area contributed by atoms with E-state index in [4.69, 9.17) is 0 Å². The predicted molar refractivity (Wildman–Crippen MR) is 64.5 cm³/mol. The zero-order chi connectivity index (χ0) is 13.4. The van der Waals surface area contributed by atoms with Crippen LogP contribution in [0.1, 0.15) is 6.42 Å². The van der Waals surface area contributed by atoms with E-state index in [0.29, 0.717) is 12.5 Å². The number of guanidine groups is 1. The minimum Gasteiger partial charge on any atom is -0.356 e. The number of rotatable bonds is 5. The Balaban J connectivity index is 2.18. The maximum absolute atomic E-state index is 11.9. The van der Waals surface area contributed by atoms with E-state index in [1.165, 1.54) is 7.05 Å². The Labute approximate surface area is 104 Å². The lowest BCUT2D eigenvalue weighted by molar-refractivity contribution is -0.132. The minimum absolute atomic E-state index is 0.174. The van der Waals surface area contributed by atoms with Gasteiger partial charge in [0.2, 0.25) is 0 Å². The first-order chi connectivity index (χ1) is 8.51. The van der Waals surface area contributed by atoms with Gasteiger partial charge in [0, 0.05) is 39.1 Å². The minimum atomic E-state index is -4.14. The number of alkyl halides is 3. The van der Waals surface area contributed by atoms with E-state index in [9.17, 15) is 13.2 Å². The van der Waals surface area contributed by atoms with Crippen molar-refractivity contribution >= 4 is 5.96 Å². The fraction of sp³-hybridized carbons (Fsp3) is 0.545. The highest BCUT2D eigenvalue weighted by Gasteiger charge is 2.26. The van der Waals surface area contributed by atoms with E-state index in [1.807, 2.05) is 29.1 Å². The first-order valence-corrected chi connectivity index (χ1v) is 5.63. The normalized spacial score (nSPS) is 12.6. The molecule has 18 heavy (non-hydrogen) atoms. The highest BCUT2D eigenvalue weighted by Crippen LogP contribution is 2.17. The monoisotopic (exact) mass is 262 g/mol. The molecule has 0 saturated heterocycles. The highest BCUT2D eigenvalue weighted by molar-refractivity contribution is 5.79. The molecule has 0 amide bonds. The van der Waals surface area contributed by atoms with E-state index < -0.39 is 12.6 Å². The third-order valence-corrected chi connectivity index (χ3v) is 2.25. The third-order valence-electron chi connectivity index (χ3n) is 2.25. The second-order valence-corrected chi connectivity index (χ2v) is 3.71. The fourth-order valence-electron chi connectivity index (χ4n) is 1.37. The van der Waals surface area contributed by atoms with Crippen LogP contribution in [0.5, 0.6) is 0 Å². The van der Waals surface area contributed by atoms with E-state index in [-0.39, 0.29) is 6.54 Å². The summed E-state index contributed by atoms with van der Waals surface area (Å²) in [6.45, 7) is 1.15. The molecule has 1 aromatic heterocycles. The molecule has 7 heteroatoms. The molecule has 1 aromatic rings. The smallest absolute Gasteiger partial charge is 0.356 e. The number of nitrogens with one attached hydrogen (secondary N) is 2. The standard InChI is InChI=1S/C11H17F3N4/c1-15-10(16-5-4-11(12,13)14)17-6-9-18-7-2-3-8-18/h2-3,7-8H,4-6,9H2,1H3,(H2,15,16,17). The Morgan fingerprint density at radius 3 is 2.33 bits per heavy atom. The first-order valence-electron chi connectivity index (χ1n) is 5.63. The molecule has 0 radical (unpaired) electrons. The van der Waals surface area contributed by atoms with Gasteiger partial charge in [0.1, 0.15) is 0 Å². The molecule has 0 unspecified atom stereocenters. The van der Waals surface area contributed by atoms with Gasteiger partial charge in [-0.1, -0.05) is 0 Å². The van der Waals surface area contributed by atoms with Crippen molar-refractivity contribution in [3.63, 3.8) is 0 Å². The number of aliphatic imine (C=N–C) groups is 1. The molecule has 1 heterocycles. The summed E-state index contributed by atoms with van der Waals surface area (Å²) < 4.78 is 37.8. The van der Waals surface area contributed by atoms with Gasteiger partial charge in [-0.3, -0.25) is 4.99 Å². The molecule has 0 spiro atoms. The van der Waals surface area contributed by atoms with Crippen LogP contribution in [0.15, 0.2) is 29.5 Å². The summed E-state index contributed by atoms with van der Waals surface area (Å²) in [6, 6.07) is 3.83. The van der Waals surface area contributed by atoms with E-state index in [2.05, 4.69) is 15.6 Å². The van der Waals surface area contributed by atoms with E-state index >= 15 is 0 Å². The number of halogens is 3. The summed E-state index contributed by atoms with van der Waals surface area (Å²) in [5.41, 5.74) is 0. The second kappa shape index (κ2) is 6.93. The Kier molecular flexibility index (Phi) is 5.54. The molecule has 0 aromatic carbocycles. The molecule has 0 atom stereocenters. The molecule has 0 saturated carbocycles. The maximum Gasteiger partial charge on any atom is 0.390 e. The quantitative estimate of drug-likeness (QED) is 0.625. The zero-order valence-electron chi connectivity index (χ0n) is 10.2. The Hall–Kier alpha value is -1.66. The highest BCUT2D eigenvalue weighted by atomic mass is 19.4. The third kappa shape index (κ3) is 6.17. The van der Waals surface area contributed by atoms with E-state index in [1.54, 1.807) is 0 Å². The van der Waals surface area contributed by atoms with Crippen LogP contribution in [0.3, 0.4) is 0 Å². The Morgan fingerprint density at radius 2 is 1.78 bits per heavy atom. The van der Waals surface area contributed by atoms with Crippen molar-refractivity contribution in [2.24, 2.45) is 4.99 Å². The second-order valence-electron chi connectivity index (χ2n) is 3.71. The molecule has 0 bridgehead atoms. The predicted octanol–water partition coefficient (Wildman–Crippen LogP) is 1.61.